The number of anilines is 1. The normalized spacial score (nSPS) is 10.5. The van der Waals surface area contributed by atoms with Gasteiger partial charge in [-0.1, -0.05) is 11.6 Å². The summed E-state index contributed by atoms with van der Waals surface area (Å²) in [5.41, 5.74) is 7.90. The first-order valence-corrected chi connectivity index (χ1v) is 6.93. The van der Waals surface area contributed by atoms with Gasteiger partial charge >= 0.3 is 5.97 Å². The minimum absolute atomic E-state index is 0.0107. The second-order valence-corrected chi connectivity index (χ2v) is 5.33. The number of carboxylic acids is 1. The molecule has 0 fully saturated rings. The molecular formula is C15H16ClN3O3. The van der Waals surface area contributed by atoms with Crippen molar-refractivity contribution in [3.63, 3.8) is 0 Å². The topological polar surface area (TPSA) is 98.3 Å². The first kappa shape index (κ1) is 16.0. The smallest absolute Gasteiger partial charge is 0.339 e. The molecule has 1 aromatic carbocycles. The average molecular weight is 322 g/mol. The number of halogens is 1. The van der Waals surface area contributed by atoms with E-state index in [9.17, 15) is 9.90 Å². The van der Waals surface area contributed by atoms with Gasteiger partial charge in [-0.15, -0.1) is 0 Å². The Kier molecular flexibility index (Phi) is 4.51. The lowest BCUT2D eigenvalue weighted by Crippen LogP contribution is -2.14. The number of nitrogens with zero attached hydrogens (tertiary/aromatic N) is 2. The molecule has 2 rings (SSSR count). The van der Waals surface area contributed by atoms with Crippen LogP contribution in [0.5, 0.6) is 5.75 Å². The predicted molar refractivity (Wildman–Crippen MR) is 83.4 cm³/mol. The Hall–Kier alpha value is -2.34. The van der Waals surface area contributed by atoms with Crippen LogP contribution in [-0.2, 0) is 6.61 Å². The van der Waals surface area contributed by atoms with Crippen LogP contribution in [0.25, 0.3) is 0 Å². The van der Waals surface area contributed by atoms with Crippen LogP contribution in [0, 0.1) is 20.8 Å². The Morgan fingerprint density at radius 3 is 2.41 bits per heavy atom. The molecule has 0 radical (unpaired) electrons. The molecule has 1 aromatic heterocycles. The van der Waals surface area contributed by atoms with Crippen LogP contribution in [0.2, 0.25) is 5.02 Å². The van der Waals surface area contributed by atoms with E-state index in [1.807, 2.05) is 13.8 Å². The van der Waals surface area contributed by atoms with Gasteiger partial charge in [-0.3, -0.25) is 0 Å². The largest absolute Gasteiger partial charge is 0.487 e. The molecule has 0 bridgehead atoms. The number of carboxylic acid groups (broad SMARTS) is 1. The first-order valence-electron chi connectivity index (χ1n) is 6.55. The number of aromatic carboxylic acids is 1. The lowest BCUT2D eigenvalue weighted by atomic mass is 10.1. The molecule has 0 aliphatic heterocycles. The number of aryl methyl sites for hydroxylation is 3. The molecule has 1 heterocycles. The van der Waals surface area contributed by atoms with Crippen molar-refractivity contribution >= 4 is 23.5 Å². The van der Waals surface area contributed by atoms with Crippen LogP contribution in [0.3, 0.4) is 0 Å². The van der Waals surface area contributed by atoms with Crippen LogP contribution < -0.4 is 10.5 Å². The van der Waals surface area contributed by atoms with Gasteiger partial charge in [0.2, 0.25) is 5.95 Å². The molecule has 6 nitrogen and oxygen atoms in total. The number of ether oxygens (including phenoxy) is 1. The van der Waals surface area contributed by atoms with Crippen molar-refractivity contribution in [2.75, 3.05) is 5.73 Å². The molecule has 0 amide bonds. The summed E-state index contributed by atoms with van der Waals surface area (Å²) in [6.07, 6.45) is 0. The van der Waals surface area contributed by atoms with Crippen molar-refractivity contribution in [1.82, 2.24) is 9.97 Å². The highest BCUT2D eigenvalue weighted by Crippen LogP contribution is 2.26. The predicted octanol–water partition coefficient (Wildman–Crippen LogP) is 2.91. The summed E-state index contributed by atoms with van der Waals surface area (Å²) in [6, 6.07) is 3.57. The summed E-state index contributed by atoms with van der Waals surface area (Å²) >= 11 is 6.10. The summed E-state index contributed by atoms with van der Waals surface area (Å²) in [4.78, 5) is 19.2. The molecule has 0 saturated heterocycles. The Labute approximate surface area is 132 Å². The molecular weight excluding hydrogens is 306 g/mol. The van der Waals surface area contributed by atoms with Gasteiger partial charge in [-0.25, -0.2) is 14.8 Å². The summed E-state index contributed by atoms with van der Waals surface area (Å²) < 4.78 is 5.64. The average Bonchev–Trinajstić information content (AvgIpc) is 2.41. The number of hydrogen-bond donors (Lipinski definition) is 2. The standard InChI is InChI=1S/C15H16ClN3O3/c1-7-4-10(5-8(2)13(7)16)22-6-11-12(14(20)21)9(3)18-15(17)19-11/h4-5H,6H2,1-3H3,(H,20,21)(H2,17,18,19). The van der Waals surface area contributed by atoms with Crippen molar-refractivity contribution in [1.29, 1.82) is 0 Å². The monoisotopic (exact) mass is 321 g/mol. The van der Waals surface area contributed by atoms with Crippen molar-refractivity contribution in [3.8, 4) is 5.75 Å². The maximum absolute atomic E-state index is 11.3. The summed E-state index contributed by atoms with van der Waals surface area (Å²) in [7, 11) is 0. The zero-order valence-corrected chi connectivity index (χ0v) is 13.2. The Morgan fingerprint density at radius 2 is 1.86 bits per heavy atom. The number of rotatable bonds is 4. The molecule has 0 spiro atoms. The third-order valence-electron chi connectivity index (χ3n) is 3.18. The summed E-state index contributed by atoms with van der Waals surface area (Å²) in [5.74, 6) is -0.505. The first-order chi connectivity index (χ1) is 10.3. The van der Waals surface area contributed by atoms with Crippen LogP contribution in [0.1, 0.15) is 32.9 Å². The fourth-order valence-corrected chi connectivity index (χ4v) is 2.29. The fourth-order valence-electron chi connectivity index (χ4n) is 2.18. The minimum Gasteiger partial charge on any atom is -0.487 e. The zero-order valence-electron chi connectivity index (χ0n) is 12.5. The van der Waals surface area contributed by atoms with E-state index in [0.717, 1.165) is 11.1 Å². The van der Waals surface area contributed by atoms with Gasteiger partial charge in [-0.2, -0.15) is 0 Å². The van der Waals surface area contributed by atoms with E-state index in [-0.39, 0.29) is 23.8 Å². The van der Waals surface area contributed by atoms with Gasteiger partial charge in [0.25, 0.3) is 0 Å². The van der Waals surface area contributed by atoms with E-state index in [4.69, 9.17) is 22.1 Å². The van der Waals surface area contributed by atoms with Gasteiger partial charge in [-0.05, 0) is 44.0 Å². The summed E-state index contributed by atoms with van der Waals surface area (Å²) in [6.45, 7) is 5.30. The fraction of sp³-hybridized carbons (Fsp3) is 0.267. The molecule has 0 saturated carbocycles. The van der Waals surface area contributed by atoms with E-state index < -0.39 is 5.97 Å². The number of carbonyl (C=O) groups is 1. The highest BCUT2D eigenvalue weighted by Gasteiger charge is 2.18. The number of benzene rings is 1. The molecule has 7 heteroatoms. The lowest BCUT2D eigenvalue weighted by Gasteiger charge is -2.12. The van der Waals surface area contributed by atoms with Crippen LogP contribution >= 0.6 is 11.6 Å². The van der Waals surface area contributed by atoms with Crippen LogP contribution in [0.15, 0.2) is 12.1 Å². The van der Waals surface area contributed by atoms with E-state index in [0.29, 0.717) is 16.5 Å². The van der Waals surface area contributed by atoms with Crippen molar-refractivity contribution in [3.05, 3.63) is 45.2 Å². The van der Waals surface area contributed by atoms with Crippen molar-refractivity contribution in [2.24, 2.45) is 0 Å². The molecule has 0 unspecified atom stereocenters. The van der Waals surface area contributed by atoms with E-state index in [1.165, 1.54) is 0 Å². The van der Waals surface area contributed by atoms with Gasteiger partial charge in [0.1, 0.15) is 17.9 Å². The number of aromatic nitrogens is 2. The van der Waals surface area contributed by atoms with E-state index in [2.05, 4.69) is 9.97 Å². The quantitative estimate of drug-likeness (QED) is 0.898. The molecule has 22 heavy (non-hydrogen) atoms. The summed E-state index contributed by atoms with van der Waals surface area (Å²) in [5, 5.41) is 9.95. The van der Waals surface area contributed by atoms with Gasteiger partial charge in [0.05, 0.1) is 11.4 Å². The second-order valence-electron chi connectivity index (χ2n) is 4.95. The Morgan fingerprint density at radius 1 is 1.27 bits per heavy atom. The van der Waals surface area contributed by atoms with Crippen LogP contribution in [-0.4, -0.2) is 21.0 Å². The van der Waals surface area contributed by atoms with Crippen molar-refractivity contribution in [2.45, 2.75) is 27.4 Å². The van der Waals surface area contributed by atoms with Crippen molar-refractivity contribution < 1.29 is 14.6 Å². The molecule has 3 N–H and O–H groups in total. The van der Waals surface area contributed by atoms with Gasteiger partial charge < -0.3 is 15.6 Å². The minimum atomic E-state index is -1.11. The molecule has 0 atom stereocenters. The number of nitrogens with two attached hydrogens (primary N) is 1. The van der Waals surface area contributed by atoms with Crippen LogP contribution in [0.4, 0.5) is 5.95 Å². The highest BCUT2D eigenvalue weighted by atomic mass is 35.5. The highest BCUT2D eigenvalue weighted by molar-refractivity contribution is 6.32. The SMILES string of the molecule is Cc1cc(OCc2nc(N)nc(C)c2C(=O)O)cc(C)c1Cl. The Bertz CT molecular complexity index is 724. The maximum atomic E-state index is 11.3. The molecule has 2 aromatic rings. The molecule has 0 aliphatic carbocycles. The number of hydrogen-bond acceptors (Lipinski definition) is 5. The molecule has 0 aliphatic rings. The molecule has 116 valence electrons. The van der Waals surface area contributed by atoms with Gasteiger partial charge in [0.15, 0.2) is 0 Å². The second kappa shape index (κ2) is 6.19. The zero-order chi connectivity index (χ0) is 16.4. The maximum Gasteiger partial charge on any atom is 0.339 e. The third kappa shape index (κ3) is 3.28. The lowest BCUT2D eigenvalue weighted by molar-refractivity contribution is 0.0691. The van der Waals surface area contributed by atoms with E-state index >= 15 is 0 Å². The number of nitrogen functional groups attached to an aromatic ring is 1. The van der Waals surface area contributed by atoms with E-state index in [1.54, 1.807) is 19.1 Å². The third-order valence-corrected chi connectivity index (χ3v) is 3.78. The Balaban J connectivity index is 2.31. The van der Waals surface area contributed by atoms with Gasteiger partial charge in [0, 0.05) is 5.02 Å².